The fraction of sp³-hybridized carbons (Fsp3) is 0.269. The van der Waals surface area contributed by atoms with E-state index in [4.69, 9.17) is 14.2 Å². The van der Waals surface area contributed by atoms with Crippen molar-refractivity contribution in [1.82, 2.24) is 4.57 Å². The number of allylic oxidation sites excluding steroid dienone is 1. The lowest BCUT2D eigenvalue weighted by Gasteiger charge is -2.25. The zero-order valence-corrected chi connectivity index (χ0v) is 20.7. The Morgan fingerprint density at radius 3 is 2.66 bits per heavy atom. The highest BCUT2D eigenvalue weighted by Crippen LogP contribution is 2.33. The molecule has 2 aromatic carbocycles. The van der Waals surface area contributed by atoms with Gasteiger partial charge in [0.05, 0.1) is 28.5 Å². The number of esters is 1. The van der Waals surface area contributed by atoms with E-state index in [2.05, 4.69) is 4.99 Å². The number of ether oxygens (including phenoxy) is 3. The van der Waals surface area contributed by atoms with Gasteiger partial charge in [-0.1, -0.05) is 29.5 Å². The maximum absolute atomic E-state index is 13.7. The Labute approximate surface area is 206 Å². The van der Waals surface area contributed by atoms with E-state index in [0.717, 1.165) is 16.8 Å². The van der Waals surface area contributed by atoms with Crippen molar-refractivity contribution in [2.45, 2.75) is 19.9 Å². The van der Waals surface area contributed by atoms with Crippen molar-refractivity contribution < 1.29 is 19.0 Å². The van der Waals surface area contributed by atoms with E-state index in [-0.39, 0.29) is 19.0 Å². The number of carbonyl (C=O) groups is 1. The summed E-state index contributed by atoms with van der Waals surface area (Å²) in [4.78, 5) is 33.8. The number of hydrogen-bond acceptors (Lipinski definition) is 8. The predicted octanol–water partition coefficient (Wildman–Crippen LogP) is 2.59. The zero-order valence-electron chi connectivity index (χ0n) is 19.9. The van der Waals surface area contributed by atoms with Crippen LogP contribution in [0.25, 0.3) is 6.08 Å². The summed E-state index contributed by atoms with van der Waals surface area (Å²) in [5.74, 6) is 0.853. The Hall–Kier alpha value is -3.85. The minimum Gasteiger partial charge on any atom is -0.463 e. The van der Waals surface area contributed by atoms with E-state index in [1.807, 2.05) is 61.5 Å². The van der Waals surface area contributed by atoms with Crippen molar-refractivity contribution in [3.63, 3.8) is 0 Å². The molecule has 1 atom stereocenters. The Morgan fingerprint density at radius 2 is 1.94 bits per heavy atom. The van der Waals surface area contributed by atoms with Gasteiger partial charge >= 0.3 is 5.97 Å². The molecule has 0 saturated carbocycles. The van der Waals surface area contributed by atoms with Gasteiger partial charge in [-0.15, -0.1) is 0 Å². The number of anilines is 1. The minimum absolute atomic E-state index is 0.184. The van der Waals surface area contributed by atoms with Crippen LogP contribution in [0.5, 0.6) is 11.5 Å². The SMILES string of the molecule is CCOC(=O)C1=C(C)N=c2s/c(=C/c3ccc4c(c3)OCO4)c(=O)n2[C@@H]1c1ccc(N(C)C)cc1. The molecule has 180 valence electrons. The van der Waals surface area contributed by atoms with Gasteiger partial charge in [-0.2, -0.15) is 0 Å². The number of nitrogens with zero attached hydrogens (tertiary/aromatic N) is 3. The molecular formula is C26H25N3O5S. The first-order valence-electron chi connectivity index (χ1n) is 11.2. The molecule has 2 aliphatic heterocycles. The molecule has 3 aromatic rings. The fourth-order valence-electron chi connectivity index (χ4n) is 4.22. The van der Waals surface area contributed by atoms with Crippen LogP contribution in [0.15, 0.2) is 63.5 Å². The van der Waals surface area contributed by atoms with Crippen molar-refractivity contribution >= 4 is 29.1 Å². The average Bonchev–Trinajstić information content (AvgIpc) is 3.42. The maximum Gasteiger partial charge on any atom is 0.338 e. The topological polar surface area (TPSA) is 82.4 Å². The van der Waals surface area contributed by atoms with Crippen molar-refractivity contribution in [1.29, 1.82) is 0 Å². The lowest BCUT2D eigenvalue weighted by molar-refractivity contribution is -0.139. The summed E-state index contributed by atoms with van der Waals surface area (Å²) in [6, 6.07) is 12.7. The number of carbonyl (C=O) groups excluding carboxylic acids is 1. The van der Waals surface area contributed by atoms with Gasteiger partial charge in [0, 0.05) is 19.8 Å². The van der Waals surface area contributed by atoms with Crippen LogP contribution >= 0.6 is 11.3 Å². The van der Waals surface area contributed by atoms with Gasteiger partial charge in [-0.3, -0.25) is 9.36 Å². The maximum atomic E-state index is 13.7. The molecule has 9 heteroatoms. The molecule has 35 heavy (non-hydrogen) atoms. The zero-order chi connectivity index (χ0) is 24.7. The van der Waals surface area contributed by atoms with Gasteiger partial charge < -0.3 is 19.1 Å². The van der Waals surface area contributed by atoms with Gasteiger partial charge in [0.15, 0.2) is 16.3 Å². The molecule has 0 bridgehead atoms. The summed E-state index contributed by atoms with van der Waals surface area (Å²) >= 11 is 1.29. The smallest absolute Gasteiger partial charge is 0.338 e. The van der Waals surface area contributed by atoms with Crippen LogP contribution in [-0.2, 0) is 9.53 Å². The van der Waals surface area contributed by atoms with E-state index < -0.39 is 12.0 Å². The second kappa shape index (κ2) is 9.07. The van der Waals surface area contributed by atoms with Crippen LogP contribution in [0.2, 0.25) is 0 Å². The summed E-state index contributed by atoms with van der Waals surface area (Å²) in [6.07, 6.45) is 1.81. The molecular weight excluding hydrogens is 466 g/mol. The summed E-state index contributed by atoms with van der Waals surface area (Å²) in [5, 5.41) is 0. The molecule has 0 unspecified atom stereocenters. The van der Waals surface area contributed by atoms with E-state index in [0.29, 0.717) is 32.1 Å². The van der Waals surface area contributed by atoms with Gasteiger partial charge in [0.2, 0.25) is 6.79 Å². The molecule has 2 aliphatic rings. The highest BCUT2D eigenvalue weighted by atomic mass is 32.1. The molecule has 0 aliphatic carbocycles. The molecule has 1 aromatic heterocycles. The van der Waals surface area contributed by atoms with Crippen LogP contribution in [-0.4, -0.2) is 38.0 Å². The third-order valence-electron chi connectivity index (χ3n) is 5.94. The largest absolute Gasteiger partial charge is 0.463 e. The number of benzene rings is 2. The molecule has 5 rings (SSSR count). The summed E-state index contributed by atoms with van der Waals surface area (Å²) in [6.45, 7) is 3.96. The van der Waals surface area contributed by atoms with E-state index >= 15 is 0 Å². The summed E-state index contributed by atoms with van der Waals surface area (Å²) in [7, 11) is 3.92. The normalized spacial score (nSPS) is 16.7. The standard InChI is InChI=1S/C26H25N3O5S/c1-5-32-25(31)22-15(2)27-26-29(23(22)17-7-9-18(10-8-17)28(3)4)24(30)21(35-26)13-16-6-11-19-20(12-16)34-14-33-19/h6-13,23H,5,14H2,1-4H3/b21-13+/t23-/m1/s1. The van der Waals surface area contributed by atoms with Crippen LogP contribution in [0.4, 0.5) is 5.69 Å². The number of rotatable bonds is 5. The molecule has 0 spiro atoms. The van der Waals surface area contributed by atoms with Crippen molar-refractivity contribution in [2.75, 3.05) is 32.4 Å². The second-order valence-electron chi connectivity index (χ2n) is 8.40. The lowest BCUT2D eigenvalue weighted by atomic mass is 9.95. The van der Waals surface area contributed by atoms with E-state index in [1.165, 1.54) is 11.3 Å². The third-order valence-corrected chi connectivity index (χ3v) is 6.92. The first-order chi connectivity index (χ1) is 16.9. The van der Waals surface area contributed by atoms with Crippen LogP contribution < -0.4 is 29.3 Å². The molecule has 0 amide bonds. The Kier molecular flexibility index (Phi) is 5.94. The first kappa shape index (κ1) is 22.9. The monoisotopic (exact) mass is 491 g/mol. The highest BCUT2D eigenvalue weighted by molar-refractivity contribution is 7.07. The average molecular weight is 492 g/mol. The van der Waals surface area contributed by atoms with E-state index in [9.17, 15) is 9.59 Å². The van der Waals surface area contributed by atoms with Gasteiger partial charge in [-0.25, -0.2) is 9.79 Å². The first-order valence-corrected chi connectivity index (χ1v) is 12.1. The Morgan fingerprint density at radius 1 is 1.20 bits per heavy atom. The van der Waals surface area contributed by atoms with Crippen LogP contribution in [0.3, 0.4) is 0 Å². The quantitative estimate of drug-likeness (QED) is 0.511. The molecule has 0 saturated heterocycles. The van der Waals surface area contributed by atoms with Crippen LogP contribution in [0, 0.1) is 0 Å². The predicted molar refractivity (Wildman–Crippen MR) is 134 cm³/mol. The van der Waals surface area contributed by atoms with Gasteiger partial charge in [0.25, 0.3) is 5.56 Å². The molecule has 3 heterocycles. The molecule has 8 nitrogen and oxygen atoms in total. The Bertz CT molecular complexity index is 1520. The Balaban J connectivity index is 1.67. The number of thiazole rings is 1. The van der Waals surface area contributed by atoms with Crippen LogP contribution in [0.1, 0.15) is 31.0 Å². The molecule has 0 radical (unpaired) electrons. The molecule has 0 N–H and O–H groups in total. The minimum atomic E-state index is -0.639. The summed E-state index contributed by atoms with van der Waals surface area (Å²) in [5.41, 5.74) is 3.33. The van der Waals surface area contributed by atoms with Gasteiger partial charge in [-0.05, 0) is 55.3 Å². The van der Waals surface area contributed by atoms with Crippen molar-refractivity contribution in [3.05, 3.63) is 84.5 Å². The van der Waals surface area contributed by atoms with Gasteiger partial charge in [0.1, 0.15) is 0 Å². The fourth-order valence-corrected chi connectivity index (χ4v) is 5.26. The second-order valence-corrected chi connectivity index (χ2v) is 9.41. The van der Waals surface area contributed by atoms with Crippen molar-refractivity contribution in [3.8, 4) is 11.5 Å². The third kappa shape index (κ3) is 4.12. The number of fused-ring (bicyclic) bond motifs is 2. The van der Waals surface area contributed by atoms with E-state index in [1.54, 1.807) is 24.5 Å². The number of hydrogen-bond donors (Lipinski definition) is 0. The van der Waals surface area contributed by atoms with Crippen molar-refractivity contribution in [2.24, 2.45) is 4.99 Å². The molecule has 0 fully saturated rings. The number of aromatic nitrogens is 1. The highest BCUT2D eigenvalue weighted by Gasteiger charge is 2.33. The lowest BCUT2D eigenvalue weighted by Crippen LogP contribution is -2.39. The summed E-state index contributed by atoms with van der Waals surface area (Å²) < 4.78 is 18.3.